The number of carbonyl (C=O) groups is 1. The Morgan fingerprint density at radius 3 is 2.46 bits per heavy atom. The summed E-state index contributed by atoms with van der Waals surface area (Å²) in [5, 5.41) is 5.49. The molecule has 1 heterocycles. The second-order valence-corrected chi connectivity index (χ2v) is 6.40. The molecule has 0 saturated heterocycles. The van der Waals surface area contributed by atoms with E-state index in [1.54, 1.807) is 0 Å². The van der Waals surface area contributed by atoms with E-state index in [0.717, 1.165) is 5.56 Å². The standard InChI is InChI=1S/C19H17ClFN3O2/c20-13-7-4-8-14(21)17(13)12(10-16(22)25)18-15(23-24-19(18)26)9-11-5-2-1-3-6-11/h1-8,12H,9-10H2,(H2,22,25)(H2,23,24,26). The van der Waals surface area contributed by atoms with Gasteiger partial charge in [0.05, 0.1) is 0 Å². The second-order valence-electron chi connectivity index (χ2n) is 5.99. The first-order valence-corrected chi connectivity index (χ1v) is 8.40. The van der Waals surface area contributed by atoms with Crippen LogP contribution in [0, 0.1) is 5.82 Å². The molecule has 0 spiro atoms. The van der Waals surface area contributed by atoms with Gasteiger partial charge in [0.2, 0.25) is 5.91 Å². The van der Waals surface area contributed by atoms with Gasteiger partial charge in [-0.15, -0.1) is 0 Å². The maximum absolute atomic E-state index is 14.5. The van der Waals surface area contributed by atoms with E-state index in [0.29, 0.717) is 12.1 Å². The Balaban J connectivity index is 2.12. The van der Waals surface area contributed by atoms with E-state index in [9.17, 15) is 14.0 Å². The highest BCUT2D eigenvalue weighted by Gasteiger charge is 2.28. The first-order chi connectivity index (χ1) is 12.5. The number of H-pyrrole nitrogens is 2. The summed E-state index contributed by atoms with van der Waals surface area (Å²) in [5.74, 6) is -2.12. The number of primary amides is 1. The molecule has 1 unspecified atom stereocenters. The maximum atomic E-state index is 14.5. The van der Waals surface area contributed by atoms with Crippen molar-refractivity contribution in [1.82, 2.24) is 10.2 Å². The van der Waals surface area contributed by atoms with Crippen molar-refractivity contribution >= 4 is 17.5 Å². The van der Waals surface area contributed by atoms with Crippen LogP contribution in [-0.4, -0.2) is 16.1 Å². The van der Waals surface area contributed by atoms with Gasteiger partial charge in [0.15, 0.2) is 0 Å². The van der Waals surface area contributed by atoms with Crippen molar-refractivity contribution in [3.05, 3.63) is 92.1 Å². The summed E-state index contributed by atoms with van der Waals surface area (Å²) < 4.78 is 14.5. The topological polar surface area (TPSA) is 91.7 Å². The van der Waals surface area contributed by atoms with Crippen molar-refractivity contribution in [1.29, 1.82) is 0 Å². The van der Waals surface area contributed by atoms with Crippen LogP contribution < -0.4 is 11.3 Å². The lowest BCUT2D eigenvalue weighted by atomic mass is 9.86. The third-order valence-corrected chi connectivity index (χ3v) is 4.55. The molecule has 0 aliphatic heterocycles. The van der Waals surface area contributed by atoms with Crippen LogP contribution in [0.15, 0.2) is 53.3 Å². The van der Waals surface area contributed by atoms with Gasteiger partial charge >= 0.3 is 0 Å². The number of rotatable bonds is 6. The average molecular weight is 374 g/mol. The Hall–Kier alpha value is -2.86. The van der Waals surface area contributed by atoms with Gasteiger partial charge in [-0.25, -0.2) is 4.39 Å². The molecule has 3 rings (SSSR count). The van der Waals surface area contributed by atoms with E-state index < -0.39 is 23.2 Å². The number of carbonyl (C=O) groups excluding carboxylic acids is 1. The highest BCUT2D eigenvalue weighted by atomic mass is 35.5. The minimum Gasteiger partial charge on any atom is -0.370 e. The molecule has 2 aromatic carbocycles. The number of amides is 1. The summed E-state index contributed by atoms with van der Waals surface area (Å²) in [4.78, 5) is 24.1. The van der Waals surface area contributed by atoms with Gasteiger partial charge in [-0.1, -0.05) is 48.0 Å². The smallest absolute Gasteiger partial charge is 0.267 e. The van der Waals surface area contributed by atoms with E-state index >= 15 is 0 Å². The van der Waals surface area contributed by atoms with Crippen molar-refractivity contribution in [2.45, 2.75) is 18.8 Å². The average Bonchev–Trinajstić information content (AvgIpc) is 2.94. The SMILES string of the molecule is NC(=O)CC(c1c(F)cccc1Cl)c1c(Cc2ccccc2)[nH][nH]c1=O. The van der Waals surface area contributed by atoms with Crippen LogP contribution in [-0.2, 0) is 11.2 Å². The molecule has 134 valence electrons. The fourth-order valence-electron chi connectivity index (χ4n) is 3.11. The lowest BCUT2D eigenvalue weighted by Crippen LogP contribution is -2.22. The van der Waals surface area contributed by atoms with Crippen LogP contribution in [0.4, 0.5) is 4.39 Å². The summed E-state index contributed by atoms with van der Waals surface area (Å²) in [7, 11) is 0. The Labute approximate surface area is 154 Å². The van der Waals surface area contributed by atoms with Crippen LogP contribution in [0.5, 0.6) is 0 Å². The highest BCUT2D eigenvalue weighted by molar-refractivity contribution is 6.31. The van der Waals surface area contributed by atoms with E-state index in [1.165, 1.54) is 18.2 Å². The van der Waals surface area contributed by atoms with Crippen molar-refractivity contribution in [3.8, 4) is 0 Å². The van der Waals surface area contributed by atoms with Gasteiger partial charge in [-0.2, -0.15) is 0 Å². The molecule has 0 aliphatic carbocycles. The molecule has 1 aromatic heterocycles. The largest absolute Gasteiger partial charge is 0.370 e. The molecule has 0 radical (unpaired) electrons. The number of hydrogen-bond donors (Lipinski definition) is 3. The van der Waals surface area contributed by atoms with Crippen LogP contribution in [0.25, 0.3) is 0 Å². The number of aromatic amines is 2. The molecular weight excluding hydrogens is 357 g/mol. The van der Waals surface area contributed by atoms with Gasteiger partial charge in [0, 0.05) is 40.6 Å². The molecule has 0 bridgehead atoms. The fourth-order valence-corrected chi connectivity index (χ4v) is 3.40. The monoisotopic (exact) mass is 373 g/mol. The van der Waals surface area contributed by atoms with E-state index in [1.807, 2.05) is 30.3 Å². The Bertz CT molecular complexity index is 962. The molecule has 4 N–H and O–H groups in total. The number of aromatic nitrogens is 2. The normalized spacial score (nSPS) is 12.1. The Morgan fingerprint density at radius 1 is 1.08 bits per heavy atom. The fraction of sp³-hybridized carbons (Fsp3) is 0.158. The number of hydrogen-bond acceptors (Lipinski definition) is 2. The summed E-state index contributed by atoms with van der Waals surface area (Å²) in [6, 6.07) is 13.7. The highest BCUT2D eigenvalue weighted by Crippen LogP contribution is 2.35. The second kappa shape index (κ2) is 7.58. The molecule has 0 aliphatic rings. The zero-order valence-corrected chi connectivity index (χ0v) is 14.5. The molecule has 5 nitrogen and oxygen atoms in total. The third kappa shape index (κ3) is 3.70. The van der Waals surface area contributed by atoms with Crippen LogP contribution in [0.1, 0.15) is 34.7 Å². The van der Waals surface area contributed by atoms with E-state index in [-0.39, 0.29) is 22.6 Å². The minimum atomic E-state index is -0.880. The van der Waals surface area contributed by atoms with Gasteiger partial charge in [-0.3, -0.25) is 14.7 Å². The Morgan fingerprint density at radius 2 is 1.81 bits per heavy atom. The number of nitrogens with two attached hydrogens (primary N) is 1. The number of halogens is 2. The van der Waals surface area contributed by atoms with Crippen LogP contribution in [0.3, 0.4) is 0 Å². The third-order valence-electron chi connectivity index (χ3n) is 4.22. The number of nitrogens with one attached hydrogen (secondary N) is 2. The molecule has 1 amide bonds. The predicted octanol–water partition coefficient (Wildman–Crippen LogP) is 3.09. The molecule has 7 heteroatoms. The quantitative estimate of drug-likeness (QED) is 0.619. The molecular formula is C19H17ClFN3O2. The van der Waals surface area contributed by atoms with Crippen molar-refractivity contribution in [3.63, 3.8) is 0 Å². The first kappa shape index (κ1) is 17.9. The van der Waals surface area contributed by atoms with Crippen LogP contribution in [0.2, 0.25) is 5.02 Å². The Kier molecular flexibility index (Phi) is 5.23. The van der Waals surface area contributed by atoms with Crippen LogP contribution >= 0.6 is 11.6 Å². The summed E-state index contributed by atoms with van der Waals surface area (Å²) >= 11 is 6.17. The maximum Gasteiger partial charge on any atom is 0.267 e. The van der Waals surface area contributed by atoms with Crippen molar-refractivity contribution in [2.24, 2.45) is 5.73 Å². The first-order valence-electron chi connectivity index (χ1n) is 8.03. The summed E-state index contributed by atoms with van der Waals surface area (Å²) in [5.41, 5.74) is 6.81. The van der Waals surface area contributed by atoms with Gasteiger partial charge in [0.25, 0.3) is 5.56 Å². The molecule has 3 aromatic rings. The van der Waals surface area contributed by atoms with Gasteiger partial charge in [-0.05, 0) is 17.7 Å². The zero-order valence-electron chi connectivity index (χ0n) is 13.8. The predicted molar refractivity (Wildman–Crippen MR) is 97.7 cm³/mol. The number of benzene rings is 2. The van der Waals surface area contributed by atoms with Crippen molar-refractivity contribution < 1.29 is 9.18 Å². The summed E-state index contributed by atoms with van der Waals surface area (Å²) in [6.07, 6.45) is 0.180. The van der Waals surface area contributed by atoms with Crippen molar-refractivity contribution in [2.75, 3.05) is 0 Å². The molecule has 0 saturated carbocycles. The lowest BCUT2D eigenvalue weighted by molar-refractivity contribution is -0.118. The van der Waals surface area contributed by atoms with E-state index in [4.69, 9.17) is 17.3 Å². The van der Waals surface area contributed by atoms with E-state index in [2.05, 4.69) is 10.2 Å². The summed E-state index contributed by atoms with van der Waals surface area (Å²) in [6.45, 7) is 0. The van der Waals surface area contributed by atoms with Gasteiger partial charge in [0.1, 0.15) is 5.82 Å². The molecule has 1 atom stereocenters. The lowest BCUT2D eigenvalue weighted by Gasteiger charge is -2.18. The molecule has 26 heavy (non-hydrogen) atoms. The van der Waals surface area contributed by atoms with Gasteiger partial charge < -0.3 is 10.8 Å². The zero-order chi connectivity index (χ0) is 18.7. The molecule has 0 fully saturated rings. The minimum absolute atomic E-state index is 0.0902.